The summed E-state index contributed by atoms with van der Waals surface area (Å²) in [6.45, 7) is 0. The Bertz CT molecular complexity index is 218. The number of halogens is 1. The molecule has 0 aromatic carbocycles. The summed E-state index contributed by atoms with van der Waals surface area (Å²) in [6.07, 6.45) is 1.62. The van der Waals surface area contributed by atoms with Gasteiger partial charge in [-0.3, -0.25) is 0 Å². The number of nitrogens with two attached hydrogens (primary N) is 1. The van der Waals surface area contributed by atoms with Crippen molar-refractivity contribution in [2.75, 3.05) is 0 Å². The van der Waals surface area contributed by atoms with Crippen molar-refractivity contribution in [1.29, 1.82) is 0 Å². The van der Waals surface area contributed by atoms with Crippen LogP contribution in [0.2, 0.25) is 0 Å². The molecule has 0 aliphatic heterocycles. The van der Waals surface area contributed by atoms with Gasteiger partial charge in [0.1, 0.15) is 0 Å². The fourth-order valence-electron chi connectivity index (χ4n) is 0.469. The minimum Gasteiger partial charge on any atom is -0.323 e. The van der Waals surface area contributed by atoms with E-state index in [2.05, 4.69) is 21.0 Å². The Kier molecular flexibility index (Phi) is 2.24. The molecule has 1 aromatic rings. The van der Waals surface area contributed by atoms with E-state index in [-0.39, 0.29) is 0 Å². The van der Waals surface area contributed by atoms with Crippen molar-refractivity contribution < 1.29 is 0 Å². The predicted molar refractivity (Wildman–Crippen MR) is 43.8 cm³/mol. The van der Waals surface area contributed by atoms with Gasteiger partial charge in [0.05, 0.1) is 6.21 Å². The summed E-state index contributed by atoms with van der Waals surface area (Å²) in [6, 6.07) is 1.96. The van der Waals surface area contributed by atoms with Crippen LogP contribution >= 0.6 is 27.3 Å². The van der Waals surface area contributed by atoms with Gasteiger partial charge >= 0.3 is 0 Å². The zero-order valence-corrected chi connectivity index (χ0v) is 6.95. The summed E-state index contributed by atoms with van der Waals surface area (Å²) < 4.78 is 1.07. The molecule has 0 unspecified atom stereocenters. The van der Waals surface area contributed by atoms with Crippen LogP contribution in [0.1, 0.15) is 4.88 Å². The molecule has 9 heavy (non-hydrogen) atoms. The van der Waals surface area contributed by atoms with E-state index < -0.39 is 0 Å². The van der Waals surface area contributed by atoms with Gasteiger partial charge in [-0.15, -0.1) is 11.3 Å². The summed E-state index contributed by atoms with van der Waals surface area (Å²) in [5.74, 6) is 4.93. The van der Waals surface area contributed by atoms with E-state index in [0.717, 1.165) is 9.35 Å². The predicted octanol–water partition coefficient (Wildman–Crippen LogP) is 1.80. The molecule has 48 valence electrons. The lowest BCUT2D eigenvalue weighted by molar-refractivity contribution is 1.27. The molecule has 4 heteroatoms. The number of nitrogens with zero attached hydrogens (tertiary/aromatic N) is 1. The van der Waals surface area contributed by atoms with E-state index >= 15 is 0 Å². The smallest absolute Gasteiger partial charge is 0.0638 e. The van der Waals surface area contributed by atoms with Crippen LogP contribution in [0.25, 0.3) is 0 Å². The lowest BCUT2D eigenvalue weighted by atomic mass is 10.5. The molecular weight excluding hydrogens is 200 g/mol. The number of thiophene rings is 1. The van der Waals surface area contributed by atoms with Gasteiger partial charge in [-0.25, -0.2) is 0 Å². The van der Waals surface area contributed by atoms with E-state index in [1.807, 2.05) is 11.4 Å². The first-order valence-corrected chi connectivity index (χ1v) is 3.97. The van der Waals surface area contributed by atoms with Crippen molar-refractivity contribution in [1.82, 2.24) is 0 Å². The number of hydrazone groups is 1. The Morgan fingerprint density at radius 3 is 3.00 bits per heavy atom. The molecule has 0 saturated carbocycles. The molecule has 1 rings (SSSR count). The van der Waals surface area contributed by atoms with Crippen molar-refractivity contribution in [3.8, 4) is 0 Å². The first-order chi connectivity index (χ1) is 4.33. The summed E-state index contributed by atoms with van der Waals surface area (Å²) in [4.78, 5) is 1.06. The number of hydrogen-bond acceptors (Lipinski definition) is 3. The van der Waals surface area contributed by atoms with Crippen LogP contribution < -0.4 is 5.84 Å². The van der Waals surface area contributed by atoms with Crippen molar-refractivity contribution in [3.05, 3.63) is 20.8 Å². The Balaban J connectivity index is 2.85. The Hall–Kier alpha value is -0.350. The third kappa shape index (κ3) is 1.80. The van der Waals surface area contributed by atoms with Gasteiger partial charge in [0, 0.05) is 14.7 Å². The second kappa shape index (κ2) is 2.98. The van der Waals surface area contributed by atoms with E-state index in [0.29, 0.717) is 0 Å². The average molecular weight is 205 g/mol. The number of hydrogen-bond donors (Lipinski definition) is 1. The van der Waals surface area contributed by atoms with Gasteiger partial charge in [0.2, 0.25) is 0 Å². The van der Waals surface area contributed by atoms with E-state index in [9.17, 15) is 0 Å². The highest BCUT2D eigenvalue weighted by Crippen LogP contribution is 2.17. The molecule has 0 atom stereocenters. The Morgan fingerprint density at radius 2 is 2.56 bits per heavy atom. The van der Waals surface area contributed by atoms with Gasteiger partial charge in [-0.05, 0) is 22.0 Å². The third-order valence-electron chi connectivity index (χ3n) is 0.790. The molecule has 0 radical (unpaired) electrons. The van der Waals surface area contributed by atoms with E-state index in [1.165, 1.54) is 0 Å². The fourth-order valence-corrected chi connectivity index (χ4v) is 1.78. The zero-order valence-electron chi connectivity index (χ0n) is 4.54. The molecule has 2 nitrogen and oxygen atoms in total. The van der Waals surface area contributed by atoms with Crippen molar-refractivity contribution in [3.63, 3.8) is 0 Å². The summed E-state index contributed by atoms with van der Waals surface area (Å²) in [5, 5.41) is 5.37. The first-order valence-electron chi connectivity index (χ1n) is 2.30. The highest BCUT2D eigenvalue weighted by atomic mass is 79.9. The molecule has 0 spiro atoms. The second-order valence-electron chi connectivity index (χ2n) is 1.45. The molecule has 0 saturated heterocycles. The van der Waals surface area contributed by atoms with Crippen LogP contribution in [0, 0.1) is 0 Å². The first kappa shape index (κ1) is 6.77. The molecule has 0 aliphatic carbocycles. The van der Waals surface area contributed by atoms with Crippen molar-refractivity contribution in [2.24, 2.45) is 10.9 Å². The highest BCUT2D eigenvalue weighted by molar-refractivity contribution is 9.10. The maximum atomic E-state index is 4.93. The lowest BCUT2D eigenvalue weighted by Gasteiger charge is -1.75. The highest BCUT2D eigenvalue weighted by Gasteiger charge is 1.90. The molecule has 0 amide bonds. The maximum Gasteiger partial charge on any atom is 0.0638 e. The van der Waals surface area contributed by atoms with E-state index in [1.54, 1.807) is 17.6 Å². The minimum atomic E-state index is 1.06. The van der Waals surface area contributed by atoms with Crippen LogP contribution in [0.3, 0.4) is 0 Å². The monoisotopic (exact) mass is 204 g/mol. The molecular formula is C5H5BrN2S. The Labute approximate surface area is 65.5 Å². The maximum absolute atomic E-state index is 4.93. The van der Waals surface area contributed by atoms with Crippen LogP contribution in [0.5, 0.6) is 0 Å². The SMILES string of the molecule is N/N=C/c1cc(Br)cs1. The third-order valence-corrected chi connectivity index (χ3v) is 2.42. The van der Waals surface area contributed by atoms with Gasteiger partial charge in [0.15, 0.2) is 0 Å². The van der Waals surface area contributed by atoms with Crippen LogP contribution in [-0.4, -0.2) is 6.21 Å². The van der Waals surface area contributed by atoms with Crippen LogP contribution in [0.4, 0.5) is 0 Å². The lowest BCUT2D eigenvalue weighted by Crippen LogP contribution is -1.80. The van der Waals surface area contributed by atoms with Gasteiger partial charge in [-0.1, -0.05) is 0 Å². The Morgan fingerprint density at radius 1 is 1.78 bits per heavy atom. The molecule has 1 aromatic heterocycles. The molecule has 2 N–H and O–H groups in total. The summed E-state index contributed by atoms with van der Waals surface area (Å²) >= 11 is 4.91. The summed E-state index contributed by atoms with van der Waals surface area (Å²) in [5.41, 5.74) is 0. The van der Waals surface area contributed by atoms with Crippen molar-refractivity contribution in [2.45, 2.75) is 0 Å². The fraction of sp³-hybridized carbons (Fsp3) is 0. The van der Waals surface area contributed by atoms with Crippen LogP contribution in [-0.2, 0) is 0 Å². The average Bonchev–Trinajstić information content (AvgIpc) is 2.17. The molecule has 0 fully saturated rings. The largest absolute Gasteiger partial charge is 0.323 e. The molecule has 0 bridgehead atoms. The van der Waals surface area contributed by atoms with Crippen molar-refractivity contribution >= 4 is 33.5 Å². The normalized spacial score (nSPS) is 10.8. The second-order valence-corrected chi connectivity index (χ2v) is 3.30. The van der Waals surface area contributed by atoms with Gasteiger partial charge in [-0.2, -0.15) is 5.10 Å². The van der Waals surface area contributed by atoms with E-state index in [4.69, 9.17) is 5.84 Å². The van der Waals surface area contributed by atoms with Gasteiger partial charge < -0.3 is 5.84 Å². The molecule has 0 aliphatic rings. The van der Waals surface area contributed by atoms with Crippen LogP contribution in [0.15, 0.2) is 21.0 Å². The minimum absolute atomic E-state index is 1.06. The standard InChI is InChI=1S/C5H5BrN2S/c6-4-1-5(2-8-7)9-3-4/h1-3H,7H2/b8-2+. The topological polar surface area (TPSA) is 38.4 Å². The number of rotatable bonds is 1. The quantitative estimate of drug-likeness (QED) is 0.423. The summed E-state index contributed by atoms with van der Waals surface area (Å²) in [7, 11) is 0. The molecule has 1 heterocycles. The van der Waals surface area contributed by atoms with Gasteiger partial charge in [0.25, 0.3) is 0 Å². The zero-order chi connectivity index (χ0) is 6.69.